The molecule has 0 unspecified atom stereocenters. The second kappa shape index (κ2) is 5.89. The molecule has 96 valence electrons. The van der Waals surface area contributed by atoms with Crippen LogP contribution in [0.1, 0.15) is 11.4 Å². The van der Waals surface area contributed by atoms with Gasteiger partial charge in [-0.1, -0.05) is 11.6 Å². The average molecular weight is 266 g/mol. The fourth-order valence-electron chi connectivity index (χ4n) is 1.70. The molecule has 0 saturated heterocycles. The molecule has 0 radical (unpaired) electrons. The van der Waals surface area contributed by atoms with Gasteiger partial charge in [-0.15, -0.1) is 0 Å². The fourth-order valence-corrected chi connectivity index (χ4v) is 1.89. The Kier molecular flexibility index (Phi) is 4.23. The van der Waals surface area contributed by atoms with Gasteiger partial charge in [0, 0.05) is 36.6 Å². The van der Waals surface area contributed by atoms with Gasteiger partial charge in [-0.2, -0.15) is 0 Å². The number of ether oxygens (including phenoxy) is 1. The minimum Gasteiger partial charge on any atom is -0.485 e. The Morgan fingerprint density at radius 2 is 2.28 bits per heavy atom. The number of aromatic nitrogens is 2. The van der Waals surface area contributed by atoms with Crippen molar-refractivity contribution in [3.63, 3.8) is 0 Å². The lowest BCUT2D eigenvalue weighted by Gasteiger charge is -2.11. The molecule has 0 bridgehead atoms. The summed E-state index contributed by atoms with van der Waals surface area (Å²) in [6, 6.07) is 5.62. The second-order valence-corrected chi connectivity index (χ2v) is 4.46. The maximum atomic E-state index is 5.98. The normalized spacial score (nSPS) is 10.6. The first-order chi connectivity index (χ1) is 8.70. The van der Waals surface area contributed by atoms with E-state index < -0.39 is 0 Å². The van der Waals surface area contributed by atoms with E-state index in [1.807, 2.05) is 43.1 Å². The highest BCUT2D eigenvalue weighted by Crippen LogP contribution is 2.23. The number of hydrogen-bond donors (Lipinski definition) is 1. The molecular formula is C13H16ClN3O. The quantitative estimate of drug-likeness (QED) is 0.902. The summed E-state index contributed by atoms with van der Waals surface area (Å²) < 4.78 is 7.73. The summed E-state index contributed by atoms with van der Waals surface area (Å²) in [6.07, 6.45) is 3.66. The summed E-state index contributed by atoms with van der Waals surface area (Å²) in [5.74, 6) is 1.72. The van der Waals surface area contributed by atoms with Gasteiger partial charge in [-0.25, -0.2) is 4.98 Å². The molecular weight excluding hydrogens is 250 g/mol. The van der Waals surface area contributed by atoms with Gasteiger partial charge in [0.15, 0.2) is 0 Å². The third-order valence-electron chi connectivity index (χ3n) is 2.67. The Labute approximate surface area is 112 Å². The van der Waals surface area contributed by atoms with Gasteiger partial charge in [0.2, 0.25) is 0 Å². The largest absolute Gasteiger partial charge is 0.485 e. The molecule has 4 nitrogen and oxygen atoms in total. The Morgan fingerprint density at radius 3 is 2.94 bits per heavy atom. The van der Waals surface area contributed by atoms with Crippen LogP contribution < -0.4 is 10.1 Å². The van der Waals surface area contributed by atoms with E-state index in [0.717, 1.165) is 23.7 Å². The van der Waals surface area contributed by atoms with Crippen LogP contribution in [0, 0.1) is 0 Å². The molecule has 0 amide bonds. The Morgan fingerprint density at radius 1 is 1.44 bits per heavy atom. The first-order valence-electron chi connectivity index (χ1n) is 5.72. The van der Waals surface area contributed by atoms with E-state index >= 15 is 0 Å². The lowest BCUT2D eigenvalue weighted by molar-refractivity contribution is 0.288. The summed E-state index contributed by atoms with van der Waals surface area (Å²) in [4.78, 5) is 4.22. The van der Waals surface area contributed by atoms with E-state index in [9.17, 15) is 0 Å². The molecule has 0 atom stereocenters. The molecule has 0 aliphatic heterocycles. The van der Waals surface area contributed by atoms with Crippen molar-refractivity contribution in [3.8, 4) is 5.75 Å². The van der Waals surface area contributed by atoms with Gasteiger partial charge in [-0.3, -0.25) is 0 Å². The van der Waals surface area contributed by atoms with Gasteiger partial charge in [0.25, 0.3) is 0 Å². The molecule has 5 heteroatoms. The van der Waals surface area contributed by atoms with Crippen LogP contribution in [0.2, 0.25) is 5.02 Å². The number of benzene rings is 1. The summed E-state index contributed by atoms with van der Waals surface area (Å²) >= 11 is 5.98. The molecule has 1 N–H and O–H groups in total. The Bertz CT molecular complexity index is 525. The third kappa shape index (κ3) is 3.03. The molecule has 2 aromatic rings. The first kappa shape index (κ1) is 12.9. The zero-order chi connectivity index (χ0) is 13.0. The maximum absolute atomic E-state index is 5.98. The van der Waals surface area contributed by atoms with Crippen LogP contribution in [-0.4, -0.2) is 16.6 Å². The van der Waals surface area contributed by atoms with Crippen LogP contribution in [0.25, 0.3) is 0 Å². The van der Waals surface area contributed by atoms with Crippen LogP contribution in [0.4, 0.5) is 0 Å². The number of halogens is 1. The van der Waals surface area contributed by atoms with Crippen molar-refractivity contribution in [1.29, 1.82) is 0 Å². The fraction of sp³-hybridized carbons (Fsp3) is 0.308. The number of aryl methyl sites for hydroxylation is 1. The lowest BCUT2D eigenvalue weighted by atomic mass is 10.2. The minimum absolute atomic E-state index is 0.446. The second-order valence-electron chi connectivity index (χ2n) is 4.03. The van der Waals surface area contributed by atoms with Crippen molar-refractivity contribution in [2.24, 2.45) is 7.05 Å². The van der Waals surface area contributed by atoms with Gasteiger partial charge in [-0.05, 0) is 25.2 Å². The van der Waals surface area contributed by atoms with E-state index in [1.165, 1.54) is 0 Å². The van der Waals surface area contributed by atoms with Gasteiger partial charge in [0.1, 0.15) is 18.2 Å². The summed E-state index contributed by atoms with van der Waals surface area (Å²) in [5, 5.41) is 3.81. The van der Waals surface area contributed by atoms with Gasteiger partial charge >= 0.3 is 0 Å². The highest BCUT2D eigenvalue weighted by Gasteiger charge is 2.06. The number of imidazole rings is 1. The van der Waals surface area contributed by atoms with Crippen LogP contribution in [0.15, 0.2) is 30.6 Å². The van der Waals surface area contributed by atoms with Gasteiger partial charge in [0.05, 0.1) is 0 Å². The van der Waals surface area contributed by atoms with Crippen molar-refractivity contribution in [1.82, 2.24) is 14.9 Å². The van der Waals surface area contributed by atoms with E-state index in [-0.39, 0.29) is 0 Å². The molecule has 0 aliphatic carbocycles. The summed E-state index contributed by atoms with van der Waals surface area (Å²) in [6.45, 7) is 1.16. The van der Waals surface area contributed by atoms with E-state index in [4.69, 9.17) is 16.3 Å². The van der Waals surface area contributed by atoms with Crippen molar-refractivity contribution < 1.29 is 4.74 Å². The average Bonchev–Trinajstić information content (AvgIpc) is 2.74. The molecule has 0 fully saturated rings. The monoisotopic (exact) mass is 265 g/mol. The zero-order valence-corrected chi connectivity index (χ0v) is 11.2. The number of hydrogen-bond acceptors (Lipinski definition) is 3. The molecule has 18 heavy (non-hydrogen) atoms. The number of rotatable bonds is 5. The van der Waals surface area contributed by atoms with Crippen LogP contribution in [-0.2, 0) is 20.2 Å². The smallest absolute Gasteiger partial charge is 0.146 e. The van der Waals surface area contributed by atoms with Crippen LogP contribution in [0.3, 0.4) is 0 Å². The highest BCUT2D eigenvalue weighted by atomic mass is 35.5. The Balaban J connectivity index is 2.11. The predicted octanol–water partition coefficient (Wildman–Crippen LogP) is 2.37. The van der Waals surface area contributed by atoms with Crippen molar-refractivity contribution in [2.75, 3.05) is 7.05 Å². The topological polar surface area (TPSA) is 39.1 Å². The van der Waals surface area contributed by atoms with E-state index in [1.54, 1.807) is 6.20 Å². The SMILES string of the molecule is CNCc1cc(Cl)ccc1OCc1nccn1C. The van der Waals surface area contributed by atoms with Crippen LogP contribution >= 0.6 is 11.6 Å². The molecule has 0 spiro atoms. The van der Waals surface area contributed by atoms with E-state index in [0.29, 0.717) is 11.6 Å². The predicted molar refractivity (Wildman–Crippen MR) is 71.8 cm³/mol. The highest BCUT2D eigenvalue weighted by molar-refractivity contribution is 6.30. The third-order valence-corrected chi connectivity index (χ3v) is 2.90. The number of nitrogens with zero attached hydrogens (tertiary/aromatic N) is 2. The van der Waals surface area contributed by atoms with Gasteiger partial charge < -0.3 is 14.6 Å². The van der Waals surface area contributed by atoms with Crippen molar-refractivity contribution in [2.45, 2.75) is 13.2 Å². The number of nitrogens with one attached hydrogen (secondary N) is 1. The first-order valence-corrected chi connectivity index (χ1v) is 6.10. The van der Waals surface area contributed by atoms with Crippen molar-refractivity contribution >= 4 is 11.6 Å². The zero-order valence-electron chi connectivity index (χ0n) is 10.5. The van der Waals surface area contributed by atoms with Crippen LogP contribution in [0.5, 0.6) is 5.75 Å². The summed E-state index contributed by atoms with van der Waals surface area (Å²) in [5.41, 5.74) is 1.04. The lowest BCUT2D eigenvalue weighted by Crippen LogP contribution is -2.09. The molecule has 1 aromatic carbocycles. The minimum atomic E-state index is 0.446. The van der Waals surface area contributed by atoms with E-state index in [2.05, 4.69) is 10.3 Å². The molecule has 2 rings (SSSR count). The Hall–Kier alpha value is -1.52. The maximum Gasteiger partial charge on any atom is 0.146 e. The molecule has 0 aliphatic rings. The standard InChI is InChI=1S/C13H16ClN3O/c1-15-8-10-7-11(14)3-4-12(10)18-9-13-16-5-6-17(13)2/h3-7,15H,8-9H2,1-2H3. The van der Waals surface area contributed by atoms with Crippen molar-refractivity contribution in [3.05, 3.63) is 47.0 Å². The molecule has 1 aromatic heterocycles. The molecule has 0 saturated carbocycles. The summed E-state index contributed by atoms with van der Waals surface area (Å²) in [7, 11) is 3.84. The molecule has 1 heterocycles.